The van der Waals surface area contributed by atoms with Gasteiger partial charge in [0.05, 0.1) is 11.6 Å². The highest BCUT2D eigenvalue weighted by molar-refractivity contribution is 6.46. The summed E-state index contributed by atoms with van der Waals surface area (Å²) in [7, 11) is 0. The van der Waals surface area contributed by atoms with Crippen LogP contribution in [0.4, 0.5) is 4.39 Å². The number of hydrogen-bond donors (Lipinski definition) is 1. The Bertz CT molecular complexity index is 1230. The van der Waals surface area contributed by atoms with Crippen LogP contribution in [0.25, 0.3) is 16.5 Å². The van der Waals surface area contributed by atoms with E-state index in [0.717, 1.165) is 42.9 Å². The van der Waals surface area contributed by atoms with Gasteiger partial charge in [-0.3, -0.25) is 9.59 Å². The summed E-state index contributed by atoms with van der Waals surface area (Å²) in [6.07, 6.45) is 4.74. The molecule has 1 saturated heterocycles. The number of Topliss-reactive ketones (excluding diaryl/α,β-unsaturated/α-hetero) is 1. The molecule has 2 fully saturated rings. The molecule has 1 amide bonds. The first-order valence-corrected chi connectivity index (χ1v) is 11.1. The maximum absolute atomic E-state index is 13.6. The third kappa shape index (κ3) is 3.48. The fraction of sp³-hybridized carbons (Fsp3) is 0.259. The minimum atomic E-state index is -0.731. The molecule has 5 rings (SSSR count). The lowest BCUT2D eigenvalue weighted by atomic mass is 9.90. The second-order valence-electron chi connectivity index (χ2n) is 8.61. The minimum absolute atomic E-state index is 0.0717. The number of rotatable bonds is 3. The lowest BCUT2D eigenvalue weighted by Gasteiger charge is -2.35. The van der Waals surface area contributed by atoms with Crippen LogP contribution in [0.3, 0.4) is 0 Å². The monoisotopic (exact) mass is 429 g/mol. The maximum atomic E-state index is 13.6. The third-order valence-electron chi connectivity index (χ3n) is 6.66. The molecule has 0 aromatic heterocycles. The van der Waals surface area contributed by atoms with Crippen molar-refractivity contribution >= 4 is 28.2 Å². The molecular formula is C27H24FNO3. The Labute approximate surface area is 186 Å². The van der Waals surface area contributed by atoms with Gasteiger partial charge >= 0.3 is 0 Å². The molecule has 1 heterocycles. The smallest absolute Gasteiger partial charge is 0.295 e. The van der Waals surface area contributed by atoms with Crippen molar-refractivity contribution in [1.29, 1.82) is 0 Å². The quantitative estimate of drug-likeness (QED) is 0.328. The van der Waals surface area contributed by atoms with Crippen LogP contribution in [0.2, 0.25) is 0 Å². The highest BCUT2D eigenvalue weighted by Crippen LogP contribution is 2.43. The highest BCUT2D eigenvalue weighted by atomic mass is 19.1. The molecule has 4 nitrogen and oxygen atoms in total. The number of carbonyl (C=O) groups excluding carboxylic acids is 2. The van der Waals surface area contributed by atoms with Crippen LogP contribution in [0.1, 0.15) is 49.3 Å². The number of ketones is 1. The summed E-state index contributed by atoms with van der Waals surface area (Å²) in [5.41, 5.74) is 1.18. The van der Waals surface area contributed by atoms with E-state index in [4.69, 9.17) is 0 Å². The molecule has 0 spiro atoms. The first-order valence-electron chi connectivity index (χ1n) is 11.1. The number of nitrogens with zero attached hydrogens (tertiary/aromatic N) is 1. The molecule has 0 radical (unpaired) electrons. The molecule has 162 valence electrons. The summed E-state index contributed by atoms with van der Waals surface area (Å²) < 4.78 is 13.6. The lowest BCUT2D eigenvalue weighted by molar-refractivity contribution is -0.141. The number of hydrogen-bond acceptors (Lipinski definition) is 3. The van der Waals surface area contributed by atoms with E-state index in [0.29, 0.717) is 11.1 Å². The molecule has 1 aliphatic heterocycles. The summed E-state index contributed by atoms with van der Waals surface area (Å²) in [5.74, 6) is -1.86. The number of amides is 1. The number of likely N-dealkylation sites (tertiary alicyclic amines) is 1. The van der Waals surface area contributed by atoms with Crippen LogP contribution in [-0.4, -0.2) is 27.7 Å². The van der Waals surface area contributed by atoms with Crippen molar-refractivity contribution in [3.05, 3.63) is 89.2 Å². The van der Waals surface area contributed by atoms with Crippen molar-refractivity contribution in [2.75, 3.05) is 0 Å². The summed E-state index contributed by atoms with van der Waals surface area (Å²) in [6.45, 7) is 0. The molecule has 2 aliphatic rings. The summed E-state index contributed by atoms with van der Waals surface area (Å²) in [5, 5.41) is 13.2. The average Bonchev–Trinajstić information content (AvgIpc) is 3.09. The van der Waals surface area contributed by atoms with Gasteiger partial charge in [-0.2, -0.15) is 0 Å². The molecule has 1 atom stereocenters. The van der Waals surface area contributed by atoms with E-state index >= 15 is 0 Å². The van der Waals surface area contributed by atoms with E-state index in [1.807, 2.05) is 36.4 Å². The zero-order valence-corrected chi connectivity index (χ0v) is 17.6. The Morgan fingerprint density at radius 2 is 1.56 bits per heavy atom. The normalized spacial score (nSPS) is 21.4. The van der Waals surface area contributed by atoms with Crippen molar-refractivity contribution in [1.82, 2.24) is 4.90 Å². The standard InChI is InChI=1S/C27H24FNO3/c28-21-14-12-18(13-15-21)24-23(26(31)27(32)29(24)22-8-2-1-3-9-22)25(30)20-11-10-17-6-4-5-7-19(17)16-20/h4-7,10-16,22,24,30H,1-3,8-9H2/b25-23-. The largest absolute Gasteiger partial charge is 0.507 e. The summed E-state index contributed by atoms with van der Waals surface area (Å²) >= 11 is 0. The number of halogens is 1. The Kier molecular flexibility index (Phi) is 5.25. The Morgan fingerprint density at radius 1 is 0.875 bits per heavy atom. The SMILES string of the molecule is O=C1C(=O)N(C2CCCCC2)C(c2ccc(F)cc2)/C1=C(/O)c1ccc2ccccc2c1. The van der Waals surface area contributed by atoms with Crippen molar-refractivity contribution in [3.63, 3.8) is 0 Å². The third-order valence-corrected chi connectivity index (χ3v) is 6.66. The van der Waals surface area contributed by atoms with Gasteiger partial charge in [-0.05, 0) is 47.4 Å². The number of aliphatic hydroxyl groups is 1. The molecule has 1 N–H and O–H groups in total. The van der Waals surface area contributed by atoms with E-state index in [2.05, 4.69) is 0 Å². The fourth-order valence-electron chi connectivity index (χ4n) is 5.05. The van der Waals surface area contributed by atoms with E-state index in [1.165, 1.54) is 12.1 Å². The van der Waals surface area contributed by atoms with Crippen LogP contribution in [0, 0.1) is 5.82 Å². The number of aliphatic hydroxyl groups excluding tert-OH is 1. The molecule has 3 aromatic carbocycles. The Morgan fingerprint density at radius 3 is 2.28 bits per heavy atom. The minimum Gasteiger partial charge on any atom is -0.507 e. The average molecular weight is 429 g/mol. The fourth-order valence-corrected chi connectivity index (χ4v) is 5.05. The van der Waals surface area contributed by atoms with Gasteiger partial charge in [-0.1, -0.05) is 67.8 Å². The van der Waals surface area contributed by atoms with Gasteiger partial charge in [0.15, 0.2) is 0 Å². The van der Waals surface area contributed by atoms with Crippen LogP contribution in [-0.2, 0) is 9.59 Å². The van der Waals surface area contributed by atoms with Gasteiger partial charge in [-0.15, -0.1) is 0 Å². The van der Waals surface area contributed by atoms with Crippen molar-refractivity contribution < 1.29 is 19.1 Å². The zero-order chi connectivity index (χ0) is 22.2. The van der Waals surface area contributed by atoms with Crippen molar-refractivity contribution in [2.45, 2.75) is 44.2 Å². The summed E-state index contributed by atoms with van der Waals surface area (Å²) in [6, 6.07) is 18.2. The number of carbonyl (C=O) groups is 2. The Hall–Kier alpha value is -3.47. The molecule has 1 aliphatic carbocycles. The molecular weight excluding hydrogens is 405 g/mol. The van der Waals surface area contributed by atoms with Crippen LogP contribution in [0.15, 0.2) is 72.3 Å². The lowest BCUT2D eigenvalue weighted by Crippen LogP contribution is -2.40. The van der Waals surface area contributed by atoms with Gasteiger partial charge in [-0.25, -0.2) is 4.39 Å². The van der Waals surface area contributed by atoms with Crippen LogP contribution >= 0.6 is 0 Å². The van der Waals surface area contributed by atoms with E-state index in [1.54, 1.807) is 23.1 Å². The van der Waals surface area contributed by atoms with Gasteiger partial charge in [0, 0.05) is 11.6 Å². The molecule has 1 saturated carbocycles. The highest BCUT2D eigenvalue weighted by Gasteiger charge is 2.48. The van der Waals surface area contributed by atoms with Crippen molar-refractivity contribution in [3.8, 4) is 0 Å². The van der Waals surface area contributed by atoms with Gasteiger partial charge in [0.1, 0.15) is 11.6 Å². The predicted octanol–water partition coefficient (Wildman–Crippen LogP) is 5.73. The molecule has 32 heavy (non-hydrogen) atoms. The van der Waals surface area contributed by atoms with Gasteiger partial charge < -0.3 is 10.0 Å². The van der Waals surface area contributed by atoms with Crippen LogP contribution < -0.4 is 0 Å². The molecule has 3 aromatic rings. The Balaban J connectivity index is 1.67. The van der Waals surface area contributed by atoms with E-state index in [-0.39, 0.29) is 17.4 Å². The van der Waals surface area contributed by atoms with Gasteiger partial charge in [0.25, 0.3) is 11.7 Å². The first-order chi connectivity index (χ1) is 15.5. The van der Waals surface area contributed by atoms with Gasteiger partial charge in [0.2, 0.25) is 0 Å². The second kappa shape index (κ2) is 8.23. The topological polar surface area (TPSA) is 57.6 Å². The molecule has 5 heteroatoms. The molecule has 1 unspecified atom stereocenters. The maximum Gasteiger partial charge on any atom is 0.295 e. The number of fused-ring (bicyclic) bond motifs is 1. The van der Waals surface area contributed by atoms with Crippen molar-refractivity contribution in [2.24, 2.45) is 0 Å². The first kappa shape index (κ1) is 20.4. The predicted molar refractivity (Wildman–Crippen MR) is 121 cm³/mol. The second-order valence-corrected chi connectivity index (χ2v) is 8.61. The number of benzene rings is 3. The molecule has 0 bridgehead atoms. The summed E-state index contributed by atoms with van der Waals surface area (Å²) in [4.78, 5) is 28.0. The van der Waals surface area contributed by atoms with E-state index < -0.39 is 23.5 Å². The van der Waals surface area contributed by atoms with E-state index in [9.17, 15) is 19.1 Å². The van der Waals surface area contributed by atoms with Crippen LogP contribution in [0.5, 0.6) is 0 Å². The zero-order valence-electron chi connectivity index (χ0n) is 17.6.